The van der Waals surface area contributed by atoms with Crippen LogP contribution in [0.25, 0.3) is 10.9 Å². The van der Waals surface area contributed by atoms with E-state index in [4.69, 9.17) is 9.15 Å². The molecule has 3 rings (SSSR count). The predicted octanol–water partition coefficient (Wildman–Crippen LogP) is 3.05. The van der Waals surface area contributed by atoms with Gasteiger partial charge in [-0.15, -0.1) is 0 Å². The number of esters is 1. The normalized spacial score (nSPS) is 10.4. The van der Waals surface area contributed by atoms with Gasteiger partial charge in [0.2, 0.25) is 5.76 Å². The fourth-order valence-corrected chi connectivity index (χ4v) is 1.70. The fourth-order valence-electron chi connectivity index (χ4n) is 1.70. The van der Waals surface area contributed by atoms with Crippen molar-refractivity contribution in [3.05, 3.63) is 60.7 Å². The van der Waals surface area contributed by atoms with Crippen molar-refractivity contribution in [3.63, 3.8) is 0 Å². The number of pyridine rings is 1. The smallest absolute Gasteiger partial charge is 0.379 e. The Labute approximate surface area is 103 Å². The highest BCUT2D eigenvalue weighted by Gasteiger charge is 2.13. The first kappa shape index (κ1) is 10.5. The second-order valence-corrected chi connectivity index (χ2v) is 3.69. The third kappa shape index (κ3) is 1.84. The zero-order valence-corrected chi connectivity index (χ0v) is 9.37. The zero-order valence-electron chi connectivity index (χ0n) is 9.37. The van der Waals surface area contributed by atoms with Crippen molar-refractivity contribution in [3.8, 4) is 5.75 Å². The molecular weight excluding hydrogens is 230 g/mol. The molecule has 18 heavy (non-hydrogen) atoms. The van der Waals surface area contributed by atoms with Crippen molar-refractivity contribution in [1.82, 2.24) is 4.98 Å². The summed E-state index contributed by atoms with van der Waals surface area (Å²) in [6, 6.07) is 12.3. The molecule has 0 saturated carbocycles. The van der Waals surface area contributed by atoms with E-state index in [1.54, 1.807) is 24.4 Å². The molecule has 2 heterocycles. The van der Waals surface area contributed by atoms with Gasteiger partial charge in [-0.25, -0.2) is 4.79 Å². The number of fused-ring (bicyclic) bond motifs is 1. The lowest BCUT2D eigenvalue weighted by atomic mass is 10.2. The van der Waals surface area contributed by atoms with Crippen LogP contribution < -0.4 is 4.74 Å². The van der Waals surface area contributed by atoms with Crippen LogP contribution in [0.4, 0.5) is 0 Å². The van der Waals surface area contributed by atoms with Crippen LogP contribution >= 0.6 is 0 Å². The number of rotatable bonds is 2. The number of hydrogen-bond acceptors (Lipinski definition) is 4. The average Bonchev–Trinajstić information content (AvgIpc) is 2.93. The molecule has 0 bridgehead atoms. The van der Waals surface area contributed by atoms with Crippen LogP contribution in [0.15, 0.2) is 59.3 Å². The molecule has 0 aliphatic heterocycles. The number of aromatic nitrogens is 1. The summed E-state index contributed by atoms with van der Waals surface area (Å²) in [7, 11) is 0. The molecule has 0 atom stereocenters. The van der Waals surface area contributed by atoms with Gasteiger partial charge >= 0.3 is 5.97 Å². The summed E-state index contributed by atoms with van der Waals surface area (Å²) in [5.41, 5.74) is 0.780. The summed E-state index contributed by atoms with van der Waals surface area (Å²) in [5.74, 6) is 0.134. The van der Waals surface area contributed by atoms with Gasteiger partial charge in [0.1, 0.15) is 5.75 Å². The molecule has 0 aliphatic carbocycles. The van der Waals surface area contributed by atoms with Gasteiger partial charge in [-0.3, -0.25) is 4.98 Å². The first-order valence-electron chi connectivity index (χ1n) is 5.44. The average molecular weight is 239 g/mol. The van der Waals surface area contributed by atoms with E-state index in [9.17, 15) is 4.79 Å². The number of hydrogen-bond donors (Lipinski definition) is 0. The Morgan fingerprint density at radius 1 is 1.11 bits per heavy atom. The molecule has 88 valence electrons. The van der Waals surface area contributed by atoms with Crippen molar-refractivity contribution in [2.45, 2.75) is 0 Å². The number of para-hydroxylation sites is 1. The van der Waals surface area contributed by atoms with Crippen LogP contribution in [0, 0.1) is 0 Å². The molecule has 4 heteroatoms. The number of furan rings is 1. The van der Waals surface area contributed by atoms with E-state index in [2.05, 4.69) is 4.98 Å². The maximum Gasteiger partial charge on any atom is 0.379 e. The summed E-state index contributed by atoms with van der Waals surface area (Å²) in [5, 5.41) is 0.792. The molecule has 4 nitrogen and oxygen atoms in total. The molecule has 0 radical (unpaired) electrons. The summed E-state index contributed by atoms with van der Waals surface area (Å²) in [4.78, 5) is 16.0. The van der Waals surface area contributed by atoms with Crippen molar-refractivity contribution in [2.24, 2.45) is 0 Å². The number of ether oxygens (including phenoxy) is 1. The molecule has 2 aromatic heterocycles. The summed E-state index contributed by atoms with van der Waals surface area (Å²) < 4.78 is 10.3. The number of carbonyl (C=O) groups is 1. The third-order valence-electron chi connectivity index (χ3n) is 2.53. The second kappa shape index (κ2) is 4.33. The molecular formula is C14H9NO3. The van der Waals surface area contributed by atoms with E-state index in [1.165, 1.54) is 6.26 Å². The minimum absolute atomic E-state index is 0.177. The number of carbonyl (C=O) groups excluding carboxylic acids is 1. The Morgan fingerprint density at radius 2 is 2.00 bits per heavy atom. The summed E-state index contributed by atoms with van der Waals surface area (Å²) >= 11 is 0. The van der Waals surface area contributed by atoms with E-state index >= 15 is 0 Å². The Morgan fingerprint density at radius 3 is 2.83 bits per heavy atom. The van der Waals surface area contributed by atoms with Crippen LogP contribution in [0.5, 0.6) is 5.75 Å². The SMILES string of the molecule is O=C(Oc1ccnc2ccccc12)c1ccco1. The van der Waals surface area contributed by atoms with Gasteiger partial charge in [-0.05, 0) is 30.3 Å². The van der Waals surface area contributed by atoms with Crippen molar-refractivity contribution in [1.29, 1.82) is 0 Å². The number of nitrogens with zero attached hydrogens (tertiary/aromatic N) is 1. The molecule has 0 amide bonds. The minimum atomic E-state index is -0.517. The number of benzene rings is 1. The minimum Gasteiger partial charge on any atom is -0.457 e. The summed E-state index contributed by atoms with van der Waals surface area (Å²) in [6.45, 7) is 0. The van der Waals surface area contributed by atoms with Crippen LogP contribution in [0.1, 0.15) is 10.6 Å². The molecule has 0 aliphatic rings. The van der Waals surface area contributed by atoms with Gasteiger partial charge in [0.15, 0.2) is 0 Å². The van der Waals surface area contributed by atoms with Crippen LogP contribution in [-0.2, 0) is 0 Å². The molecule has 0 fully saturated rings. The van der Waals surface area contributed by atoms with Crippen LogP contribution in [0.2, 0.25) is 0 Å². The topological polar surface area (TPSA) is 52.3 Å². The Balaban J connectivity index is 1.98. The maximum absolute atomic E-state index is 11.8. The van der Waals surface area contributed by atoms with Crippen LogP contribution in [-0.4, -0.2) is 11.0 Å². The maximum atomic E-state index is 11.8. The van der Waals surface area contributed by atoms with E-state index in [0.717, 1.165) is 10.9 Å². The van der Waals surface area contributed by atoms with Crippen LogP contribution in [0.3, 0.4) is 0 Å². The standard InChI is InChI=1S/C14H9NO3/c16-14(13-6-3-9-17-13)18-12-7-8-15-11-5-2-1-4-10(11)12/h1-9H. The molecule has 0 unspecified atom stereocenters. The predicted molar refractivity (Wildman–Crippen MR) is 65.4 cm³/mol. The monoisotopic (exact) mass is 239 g/mol. The lowest BCUT2D eigenvalue weighted by molar-refractivity contribution is 0.0704. The Hall–Kier alpha value is -2.62. The van der Waals surface area contributed by atoms with Gasteiger partial charge in [-0.1, -0.05) is 12.1 Å². The Bertz CT molecular complexity index is 684. The van der Waals surface area contributed by atoms with Gasteiger partial charge in [0.05, 0.1) is 11.8 Å². The highest BCUT2D eigenvalue weighted by Crippen LogP contribution is 2.24. The van der Waals surface area contributed by atoms with Crippen molar-refractivity contribution < 1.29 is 13.9 Å². The highest BCUT2D eigenvalue weighted by atomic mass is 16.5. The zero-order chi connectivity index (χ0) is 12.4. The first-order chi connectivity index (χ1) is 8.84. The second-order valence-electron chi connectivity index (χ2n) is 3.69. The van der Waals surface area contributed by atoms with Gasteiger partial charge in [0, 0.05) is 11.6 Å². The fraction of sp³-hybridized carbons (Fsp3) is 0. The molecule has 3 aromatic rings. The largest absolute Gasteiger partial charge is 0.457 e. The van der Waals surface area contributed by atoms with Gasteiger partial charge in [0.25, 0.3) is 0 Å². The van der Waals surface area contributed by atoms with E-state index in [1.807, 2.05) is 24.3 Å². The quantitative estimate of drug-likeness (QED) is 0.645. The third-order valence-corrected chi connectivity index (χ3v) is 2.53. The lowest BCUT2D eigenvalue weighted by Crippen LogP contribution is -2.07. The highest BCUT2D eigenvalue weighted by molar-refractivity contribution is 5.92. The molecule has 0 N–H and O–H groups in total. The van der Waals surface area contributed by atoms with Crippen molar-refractivity contribution >= 4 is 16.9 Å². The molecule has 0 saturated heterocycles. The van der Waals surface area contributed by atoms with Crippen molar-refractivity contribution in [2.75, 3.05) is 0 Å². The van der Waals surface area contributed by atoms with Gasteiger partial charge in [-0.2, -0.15) is 0 Å². The van der Waals surface area contributed by atoms with Gasteiger partial charge < -0.3 is 9.15 Å². The molecule has 0 spiro atoms. The molecule has 1 aromatic carbocycles. The van der Waals surface area contributed by atoms with E-state index in [-0.39, 0.29) is 5.76 Å². The Kier molecular flexibility index (Phi) is 2.53. The first-order valence-corrected chi connectivity index (χ1v) is 5.44. The van der Waals surface area contributed by atoms with E-state index in [0.29, 0.717) is 5.75 Å². The lowest BCUT2D eigenvalue weighted by Gasteiger charge is -2.05. The van der Waals surface area contributed by atoms with E-state index < -0.39 is 5.97 Å². The summed E-state index contributed by atoms with van der Waals surface area (Å²) in [6.07, 6.45) is 3.04.